The van der Waals surface area contributed by atoms with Gasteiger partial charge in [0.05, 0.1) is 34.3 Å². The number of hydrogen-bond donors (Lipinski definition) is 1. The van der Waals surface area contributed by atoms with Crippen LogP contribution in [0.15, 0.2) is 45.6 Å². The topological polar surface area (TPSA) is 81.4 Å². The summed E-state index contributed by atoms with van der Waals surface area (Å²) in [6.07, 6.45) is -0.121. The molecule has 28 heavy (non-hydrogen) atoms. The van der Waals surface area contributed by atoms with E-state index >= 15 is 0 Å². The van der Waals surface area contributed by atoms with Crippen LogP contribution in [-0.2, 0) is 11.2 Å². The Kier molecular flexibility index (Phi) is 4.78. The molecule has 2 aromatic heterocycles. The van der Waals surface area contributed by atoms with Gasteiger partial charge in [0.15, 0.2) is 5.13 Å². The van der Waals surface area contributed by atoms with Crippen LogP contribution in [0.25, 0.3) is 21.2 Å². The van der Waals surface area contributed by atoms with Gasteiger partial charge in [0.25, 0.3) is 0 Å². The normalized spacial score (nSPS) is 11.1. The lowest BCUT2D eigenvalue weighted by molar-refractivity contribution is -0.115. The van der Waals surface area contributed by atoms with Gasteiger partial charge in [-0.1, -0.05) is 35.1 Å². The first kappa shape index (κ1) is 18.5. The third-order valence-corrected chi connectivity index (χ3v) is 5.68. The molecule has 6 nitrogen and oxygen atoms in total. The predicted octanol–water partition coefficient (Wildman–Crippen LogP) is 4.55. The SMILES string of the molecule is COc1cc2oc(=O)c(CC(=O)Nc3nc4ccccc4s3)c(C)c2cc1Cl. The van der Waals surface area contributed by atoms with E-state index in [1.165, 1.54) is 18.4 Å². The number of halogens is 1. The molecule has 0 unspecified atom stereocenters. The average Bonchev–Trinajstić information content (AvgIpc) is 3.07. The van der Waals surface area contributed by atoms with Crippen LogP contribution in [0.3, 0.4) is 0 Å². The van der Waals surface area contributed by atoms with Crippen LogP contribution < -0.4 is 15.7 Å². The van der Waals surface area contributed by atoms with E-state index < -0.39 is 5.63 Å². The summed E-state index contributed by atoms with van der Waals surface area (Å²) in [5.74, 6) is 0.0754. The van der Waals surface area contributed by atoms with E-state index in [-0.39, 0.29) is 17.9 Å². The van der Waals surface area contributed by atoms with Crippen molar-refractivity contribution in [2.24, 2.45) is 0 Å². The minimum Gasteiger partial charge on any atom is -0.495 e. The Bertz CT molecular complexity index is 1250. The zero-order valence-electron chi connectivity index (χ0n) is 15.0. The molecule has 0 radical (unpaired) electrons. The molecule has 0 aliphatic carbocycles. The number of anilines is 1. The van der Waals surface area contributed by atoms with Gasteiger partial charge in [-0.05, 0) is 30.7 Å². The molecule has 0 bridgehead atoms. The summed E-state index contributed by atoms with van der Waals surface area (Å²) in [5, 5.41) is 4.30. The summed E-state index contributed by atoms with van der Waals surface area (Å²) < 4.78 is 11.5. The Balaban J connectivity index is 1.64. The second-order valence-electron chi connectivity index (χ2n) is 6.19. The number of nitrogens with zero attached hydrogens (tertiary/aromatic N) is 1. The summed E-state index contributed by atoms with van der Waals surface area (Å²) >= 11 is 7.57. The van der Waals surface area contributed by atoms with Crippen LogP contribution in [0.5, 0.6) is 5.75 Å². The maximum Gasteiger partial charge on any atom is 0.340 e. The molecule has 4 rings (SSSR count). The third kappa shape index (κ3) is 3.34. The maximum atomic E-state index is 12.5. The molecular weight excluding hydrogens is 400 g/mol. The van der Waals surface area contributed by atoms with E-state index in [1.54, 1.807) is 19.1 Å². The number of rotatable bonds is 4. The molecule has 2 heterocycles. The molecule has 0 spiro atoms. The Morgan fingerprint density at radius 1 is 1.32 bits per heavy atom. The third-order valence-electron chi connectivity index (χ3n) is 4.44. The van der Waals surface area contributed by atoms with Crippen molar-refractivity contribution in [2.45, 2.75) is 13.3 Å². The number of fused-ring (bicyclic) bond motifs is 2. The van der Waals surface area contributed by atoms with Crippen LogP contribution in [0, 0.1) is 6.92 Å². The molecule has 0 fully saturated rings. The van der Waals surface area contributed by atoms with Crippen molar-refractivity contribution in [3.05, 3.63) is 63.0 Å². The van der Waals surface area contributed by atoms with Crippen LogP contribution in [0.4, 0.5) is 5.13 Å². The summed E-state index contributed by atoms with van der Waals surface area (Å²) in [6, 6.07) is 10.8. The zero-order valence-corrected chi connectivity index (χ0v) is 16.6. The van der Waals surface area contributed by atoms with E-state index in [0.717, 1.165) is 10.2 Å². The van der Waals surface area contributed by atoms with E-state index in [4.69, 9.17) is 20.8 Å². The largest absolute Gasteiger partial charge is 0.495 e. The van der Waals surface area contributed by atoms with Crippen LogP contribution in [-0.4, -0.2) is 18.0 Å². The van der Waals surface area contributed by atoms with Gasteiger partial charge >= 0.3 is 5.63 Å². The molecule has 0 aliphatic heterocycles. The van der Waals surface area contributed by atoms with Gasteiger partial charge in [-0.3, -0.25) is 4.79 Å². The molecule has 0 saturated carbocycles. The van der Waals surface area contributed by atoms with Gasteiger partial charge < -0.3 is 14.5 Å². The zero-order chi connectivity index (χ0) is 19.8. The predicted molar refractivity (Wildman–Crippen MR) is 111 cm³/mol. The molecular formula is C20H15ClN2O4S. The molecule has 8 heteroatoms. The fraction of sp³-hybridized carbons (Fsp3) is 0.150. The van der Waals surface area contributed by atoms with E-state index in [0.29, 0.717) is 32.4 Å². The first-order chi connectivity index (χ1) is 13.5. The fourth-order valence-corrected chi connectivity index (χ4v) is 4.12. The standard InChI is InChI=1S/C20H15ClN2O4S/c1-10-11-7-13(21)16(26-2)9-15(11)27-19(25)12(10)8-18(24)23-20-22-14-5-3-4-6-17(14)28-20/h3-7,9H,8H2,1-2H3,(H,22,23,24). The highest BCUT2D eigenvalue weighted by Gasteiger charge is 2.17. The number of nitrogens with one attached hydrogen (secondary N) is 1. The Labute approximate surface area is 168 Å². The average molecular weight is 415 g/mol. The van der Waals surface area contributed by atoms with Crippen molar-refractivity contribution in [2.75, 3.05) is 12.4 Å². The number of carbonyl (C=O) groups is 1. The van der Waals surface area contributed by atoms with Crippen molar-refractivity contribution in [1.82, 2.24) is 4.98 Å². The minimum absolute atomic E-state index is 0.121. The fourth-order valence-electron chi connectivity index (χ4n) is 3.00. The van der Waals surface area contributed by atoms with Crippen molar-refractivity contribution in [3.8, 4) is 5.75 Å². The molecule has 2 aromatic carbocycles. The van der Waals surface area contributed by atoms with Crippen molar-refractivity contribution in [1.29, 1.82) is 0 Å². The lowest BCUT2D eigenvalue weighted by atomic mass is 10.0. The lowest BCUT2D eigenvalue weighted by Gasteiger charge is -2.10. The number of hydrogen-bond acceptors (Lipinski definition) is 6. The number of carbonyl (C=O) groups excluding carboxylic acids is 1. The lowest BCUT2D eigenvalue weighted by Crippen LogP contribution is -2.20. The van der Waals surface area contributed by atoms with Crippen molar-refractivity contribution in [3.63, 3.8) is 0 Å². The summed E-state index contributed by atoms with van der Waals surface area (Å²) in [7, 11) is 1.48. The van der Waals surface area contributed by atoms with Crippen LogP contribution in [0.1, 0.15) is 11.1 Å². The van der Waals surface area contributed by atoms with Gasteiger partial charge in [-0.25, -0.2) is 9.78 Å². The van der Waals surface area contributed by atoms with Crippen LogP contribution >= 0.6 is 22.9 Å². The number of benzene rings is 2. The van der Waals surface area contributed by atoms with Gasteiger partial charge in [-0.2, -0.15) is 0 Å². The highest BCUT2D eigenvalue weighted by atomic mass is 35.5. The summed E-state index contributed by atoms with van der Waals surface area (Å²) in [6.45, 7) is 1.77. The van der Waals surface area contributed by atoms with Gasteiger partial charge in [0.2, 0.25) is 5.91 Å². The smallest absolute Gasteiger partial charge is 0.340 e. The van der Waals surface area contributed by atoms with Crippen molar-refractivity contribution < 1.29 is 13.9 Å². The number of aromatic nitrogens is 1. The Morgan fingerprint density at radius 3 is 2.86 bits per heavy atom. The monoisotopic (exact) mass is 414 g/mol. The van der Waals surface area contributed by atoms with Crippen molar-refractivity contribution >= 4 is 55.2 Å². The highest BCUT2D eigenvalue weighted by molar-refractivity contribution is 7.22. The van der Waals surface area contributed by atoms with Gasteiger partial charge in [-0.15, -0.1) is 0 Å². The van der Waals surface area contributed by atoms with Gasteiger partial charge in [0, 0.05) is 11.5 Å². The number of amides is 1. The molecule has 0 aliphatic rings. The number of thiazole rings is 1. The highest BCUT2D eigenvalue weighted by Crippen LogP contribution is 2.32. The molecule has 142 valence electrons. The van der Waals surface area contributed by atoms with E-state index in [1.807, 2.05) is 24.3 Å². The number of methoxy groups -OCH3 is 1. The summed E-state index contributed by atoms with van der Waals surface area (Å²) in [4.78, 5) is 29.3. The minimum atomic E-state index is -0.561. The maximum absolute atomic E-state index is 12.5. The second kappa shape index (κ2) is 7.26. The van der Waals surface area contributed by atoms with E-state index in [2.05, 4.69) is 10.3 Å². The second-order valence-corrected chi connectivity index (χ2v) is 7.63. The summed E-state index contributed by atoms with van der Waals surface area (Å²) in [5.41, 5.74) is 1.54. The van der Waals surface area contributed by atoms with Gasteiger partial charge in [0.1, 0.15) is 11.3 Å². The van der Waals surface area contributed by atoms with E-state index in [9.17, 15) is 9.59 Å². The molecule has 4 aromatic rings. The first-order valence-electron chi connectivity index (χ1n) is 8.41. The molecule has 0 atom stereocenters. The number of ether oxygens (including phenoxy) is 1. The quantitative estimate of drug-likeness (QED) is 0.495. The Hall–Kier alpha value is -2.90. The van der Waals surface area contributed by atoms with Crippen LogP contribution in [0.2, 0.25) is 5.02 Å². The number of aryl methyl sites for hydroxylation is 1. The molecule has 1 N–H and O–H groups in total. The molecule has 0 saturated heterocycles. The Morgan fingerprint density at radius 2 is 2.11 bits per heavy atom. The molecule has 1 amide bonds. The number of para-hydroxylation sites is 1. The first-order valence-corrected chi connectivity index (χ1v) is 9.61.